The molecular formula is C16H18OSi. The highest BCUT2D eigenvalue weighted by Crippen LogP contribution is 2.13. The molecule has 0 aliphatic carbocycles. The summed E-state index contributed by atoms with van der Waals surface area (Å²) in [7, 11) is -1.03. The zero-order valence-corrected chi connectivity index (χ0v) is 11.8. The van der Waals surface area contributed by atoms with E-state index in [0.29, 0.717) is 0 Å². The summed E-state index contributed by atoms with van der Waals surface area (Å²) >= 11 is 0. The first-order valence-electron chi connectivity index (χ1n) is 6.25. The number of benzene rings is 2. The Morgan fingerprint density at radius 2 is 1.28 bits per heavy atom. The predicted molar refractivity (Wildman–Crippen MR) is 79.1 cm³/mol. The van der Waals surface area contributed by atoms with E-state index in [1.165, 1.54) is 16.7 Å². The van der Waals surface area contributed by atoms with Gasteiger partial charge >= 0.3 is 0 Å². The molecule has 0 fully saturated rings. The van der Waals surface area contributed by atoms with E-state index in [1.807, 2.05) is 12.1 Å². The van der Waals surface area contributed by atoms with Gasteiger partial charge in [0.2, 0.25) is 0 Å². The maximum absolute atomic E-state index is 9.26. The quantitative estimate of drug-likeness (QED) is 0.813. The van der Waals surface area contributed by atoms with Gasteiger partial charge in [0.15, 0.2) is 9.76 Å². The van der Waals surface area contributed by atoms with Crippen LogP contribution in [0.1, 0.15) is 11.1 Å². The van der Waals surface area contributed by atoms with E-state index in [-0.39, 0.29) is 0 Å². The normalized spacial score (nSPS) is 10.7. The van der Waals surface area contributed by atoms with E-state index in [0.717, 1.165) is 12.8 Å². The minimum Gasteiger partial charge on any atom is -0.434 e. The van der Waals surface area contributed by atoms with Crippen molar-refractivity contribution in [3.63, 3.8) is 0 Å². The van der Waals surface area contributed by atoms with E-state index < -0.39 is 9.76 Å². The minimum absolute atomic E-state index is 0.934. The molecule has 2 rings (SSSR count). The molecule has 0 atom stereocenters. The summed E-state index contributed by atoms with van der Waals surface area (Å²) < 4.78 is 0. The molecule has 18 heavy (non-hydrogen) atoms. The molecule has 0 heterocycles. The van der Waals surface area contributed by atoms with Gasteiger partial charge in [0.1, 0.15) is 0 Å². The Labute approximate surface area is 111 Å². The molecule has 0 spiro atoms. The van der Waals surface area contributed by atoms with Crippen LogP contribution in [-0.4, -0.2) is 14.6 Å². The first kappa shape index (κ1) is 12.8. The highest BCUT2D eigenvalue weighted by atomic mass is 28.2. The summed E-state index contributed by atoms with van der Waals surface area (Å²) in [6.45, 7) is 0. The highest BCUT2D eigenvalue weighted by Gasteiger charge is 2.01. The van der Waals surface area contributed by atoms with Gasteiger partial charge in [-0.15, -0.1) is 0 Å². The van der Waals surface area contributed by atoms with Crippen LogP contribution in [0.4, 0.5) is 0 Å². The van der Waals surface area contributed by atoms with Crippen LogP contribution in [-0.2, 0) is 12.8 Å². The summed E-state index contributed by atoms with van der Waals surface area (Å²) in [6, 6.07) is 20.9. The van der Waals surface area contributed by atoms with E-state index in [9.17, 15) is 4.80 Å². The van der Waals surface area contributed by atoms with E-state index >= 15 is 0 Å². The van der Waals surface area contributed by atoms with Gasteiger partial charge in [0.25, 0.3) is 0 Å². The van der Waals surface area contributed by atoms with E-state index in [1.54, 1.807) is 0 Å². The molecule has 2 aromatic rings. The van der Waals surface area contributed by atoms with E-state index in [4.69, 9.17) is 0 Å². The van der Waals surface area contributed by atoms with Crippen molar-refractivity contribution in [3.8, 4) is 0 Å². The Bertz CT molecular complexity index is 448. The second-order valence-corrected chi connectivity index (χ2v) is 5.14. The fourth-order valence-electron chi connectivity index (χ4n) is 2.05. The van der Waals surface area contributed by atoms with Gasteiger partial charge in [-0.05, 0) is 24.0 Å². The lowest BCUT2D eigenvalue weighted by Crippen LogP contribution is -1.98. The van der Waals surface area contributed by atoms with Crippen LogP contribution in [0.3, 0.4) is 0 Å². The average molecular weight is 254 g/mol. The minimum atomic E-state index is -1.03. The summed E-state index contributed by atoms with van der Waals surface area (Å²) in [4.78, 5) is 9.26. The van der Waals surface area contributed by atoms with Gasteiger partial charge in [-0.2, -0.15) is 0 Å². The van der Waals surface area contributed by atoms with Crippen molar-refractivity contribution in [1.29, 1.82) is 0 Å². The number of hydrogen-bond donors (Lipinski definition) is 1. The first-order valence-corrected chi connectivity index (χ1v) is 7.70. The van der Waals surface area contributed by atoms with Gasteiger partial charge in [0.05, 0.1) is 0 Å². The molecule has 92 valence electrons. The Morgan fingerprint density at radius 1 is 0.833 bits per heavy atom. The molecule has 0 radical (unpaired) electrons. The fraction of sp³-hybridized carbons (Fsp3) is 0.125. The number of hydrogen-bond acceptors (Lipinski definition) is 1. The molecule has 0 bridgehead atoms. The molecule has 1 N–H and O–H groups in total. The van der Waals surface area contributed by atoms with Gasteiger partial charge < -0.3 is 4.80 Å². The van der Waals surface area contributed by atoms with Gasteiger partial charge in [-0.1, -0.05) is 71.9 Å². The molecule has 0 aliphatic rings. The molecule has 0 saturated carbocycles. The molecular weight excluding hydrogens is 236 g/mol. The zero-order chi connectivity index (χ0) is 12.6. The lowest BCUT2D eigenvalue weighted by Gasteiger charge is -2.08. The summed E-state index contributed by atoms with van der Waals surface area (Å²) in [5, 5.41) is 0. The molecule has 0 amide bonds. The Kier molecular flexibility index (Phi) is 4.94. The van der Waals surface area contributed by atoms with Crippen molar-refractivity contribution in [2.75, 3.05) is 0 Å². The molecule has 2 aromatic carbocycles. The number of rotatable bonds is 5. The molecule has 0 aliphatic heterocycles. The first-order chi connectivity index (χ1) is 8.88. The van der Waals surface area contributed by atoms with Gasteiger partial charge in [-0.25, -0.2) is 0 Å². The molecule has 0 aromatic heterocycles. The van der Waals surface area contributed by atoms with Crippen molar-refractivity contribution in [2.45, 2.75) is 12.8 Å². The van der Waals surface area contributed by atoms with Crippen LogP contribution < -0.4 is 0 Å². The van der Waals surface area contributed by atoms with Crippen LogP contribution in [0.5, 0.6) is 0 Å². The summed E-state index contributed by atoms with van der Waals surface area (Å²) in [5.74, 6) is 0. The van der Waals surface area contributed by atoms with Crippen LogP contribution in [0.25, 0.3) is 0 Å². The lowest BCUT2D eigenvalue weighted by atomic mass is 10.00. The molecule has 2 heteroatoms. The van der Waals surface area contributed by atoms with Crippen molar-refractivity contribution in [1.82, 2.24) is 0 Å². The van der Waals surface area contributed by atoms with Crippen LogP contribution in [0.15, 0.2) is 71.9 Å². The zero-order valence-electron chi connectivity index (χ0n) is 10.4. The molecule has 0 saturated heterocycles. The van der Waals surface area contributed by atoms with Crippen molar-refractivity contribution < 1.29 is 4.80 Å². The number of allylic oxidation sites excluding steroid dienone is 1. The highest BCUT2D eigenvalue weighted by molar-refractivity contribution is 6.32. The fourth-order valence-corrected chi connectivity index (χ4v) is 2.60. The van der Waals surface area contributed by atoms with Crippen LogP contribution >= 0.6 is 0 Å². The smallest absolute Gasteiger partial charge is 0.180 e. The second-order valence-electron chi connectivity index (χ2n) is 4.37. The third-order valence-corrected chi connectivity index (χ3v) is 3.69. The largest absolute Gasteiger partial charge is 0.434 e. The Balaban J connectivity index is 2.08. The van der Waals surface area contributed by atoms with Crippen molar-refractivity contribution in [3.05, 3.63) is 83.1 Å². The second kappa shape index (κ2) is 6.94. The Hall–Kier alpha value is -1.64. The van der Waals surface area contributed by atoms with E-state index in [2.05, 4.69) is 54.2 Å². The SMILES string of the molecule is O[SiH2]C=C(Cc1ccccc1)Cc1ccccc1. The molecule has 0 unspecified atom stereocenters. The maximum atomic E-state index is 9.26. The maximum Gasteiger partial charge on any atom is 0.180 e. The third-order valence-electron chi connectivity index (χ3n) is 2.93. The average Bonchev–Trinajstić information content (AvgIpc) is 2.41. The summed E-state index contributed by atoms with van der Waals surface area (Å²) in [6.07, 6.45) is 1.87. The topological polar surface area (TPSA) is 20.2 Å². The summed E-state index contributed by atoms with van der Waals surface area (Å²) in [5.41, 5.74) is 5.99. The molecule has 1 nitrogen and oxygen atoms in total. The third kappa shape index (κ3) is 3.98. The Morgan fingerprint density at radius 3 is 1.67 bits per heavy atom. The van der Waals surface area contributed by atoms with Crippen molar-refractivity contribution >= 4 is 9.76 Å². The van der Waals surface area contributed by atoms with Crippen LogP contribution in [0, 0.1) is 0 Å². The lowest BCUT2D eigenvalue weighted by molar-refractivity contribution is 0.614. The van der Waals surface area contributed by atoms with Crippen LogP contribution in [0.2, 0.25) is 0 Å². The van der Waals surface area contributed by atoms with Gasteiger partial charge in [-0.3, -0.25) is 0 Å². The standard InChI is InChI=1S/C16H18OSi/c17-18-13-16(11-14-7-3-1-4-8-14)12-15-9-5-2-6-10-15/h1-10,13,17H,11-12,18H2. The predicted octanol–water partition coefficient (Wildman–Crippen LogP) is 2.43. The van der Waals surface area contributed by atoms with Crippen molar-refractivity contribution in [2.24, 2.45) is 0 Å². The van der Waals surface area contributed by atoms with Gasteiger partial charge in [0, 0.05) is 0 Å². The monoisotopic (exact) mass is 254 g/mol.